The number of ketones is 1. The largest absolute Gasteiger partial charge is 0.496 e. The molecule has 0 amide bonds. The van der Waals surface area contributed by atoms with E-state index in [9.17, 15) is 4.79 Å². The van der Waals surface area contributed by atoms with Gasteiger partial charge in [0.1, 0.15) is 5.75 Å². The molecule has 0 atom stereocenters. The van der Waals surface area contributed by atoms with E-state index in [1.54, 1.807) is 12.1 Å². The van der Waals surface area contributed by atoms with Gasteiger partial charge in [0.15, 0.2) is 5.78 Å². The molecule has 14 heavy (non-hydrogen) atoms. The summed E-state index contributed by atoms with van der Waals surface area (Å²) in [4.78, 5) is 11.2. The van der Waals surface area contributed by atoms with Crippen LogP contribution in [0, 0.1) is 0 Å². The lowest BCUT2D eigenvalue weighted by molar-refractivity contribution is 0.101. The van der Waals surface area contributed by atoms with Crippen LogP contribution in [0.4, 0.5) is 0 Å². The second-order valence-electron chi connectivity index (χ2n) is 3.06. The van der Waals surface area contributed by atoms with Crippen molar-refractivity contribution in [3.8, 4) is 5.75 Å². The number of Topliss-reactive ketones (excluding diaryl/α,β-unsaturated/α-hetero) is 1. The number of rotatable bonds is 4. The van der Waals surface area contributed by atoms with Crippen LogP contribution in [0.2, 0.25) is 0 Å². The third kappa shape index (κ3) is 2.33. The molecule has 1 aromatic carbocycles. The van der Waals surface area contributed by atoms with Gasteiger partial charge in [-0.25, -0.2) is 0 Å². The van der Waals surface area contributed by atoms with E-state index in [1.165, 1.54) is 14.0 Å². The normalized spacial score (nSPS) is 9.93. The van der Waals surface area contributed by atoms with E-state index >= 15 is 0 Å². The van der Waals surface area contributed by atoms with Crippen LogP contribution in [-0.2, 0) is 6.42 Å². The fraction of sp³-hybridized carbons (Fsp3) is 0.364. The van der Waals surface area contributed by atoms with Crippen LogP contribution in [-0.4, -0.2) is 24.6 Å². The van der Waals surface area contributed by atoms with Gasteiger partial charge in [-0.2, -0.15) is 0 Å². The number of ether oxygens (including phenoxy) is 1. The molecule has 0 heterocycles. The Hall–Kier alpha value is -1.35. The molecule has 0 aliphatic carbocycles. The van der Waals surface area contributed by atoms with Gasteiger partial charge in [0.05, 0.1) is 12.7 Å². The zero-order valence-corrected chi connectivity index (χ0v) is 8.41. The van der Waals surface area contributed by atoms with Crippen molar-refractivity contribution in [3.63, 3.8) is 0 Å². The van der Waals surface area contributed by atoms with Gasteiger partial charge in [0.2, 0.25) is 0 Å². The summed E-state index contributed by atoms with van der Waals surface area (Å²) in [6.45, 7) is 1.59. The van der Waals surface area contributed by atoms with E-state index in [1.807, 2.05) is 6.07 Å². The average Bonchev–Trinajstić information content (AvgIpc) is 2.18. The predicted octanol–water partition coefficient (Wildman–Crippen LogP) is 1.43. The number of benzene rings is 1. The quantitative estimate of drug-likeness (QED) is 0.737. The Balaban J connectivity index is 3.07. The summed E-state index contributed by atoms with van der Waals surface area (Å²) in [6.07, 6.45) is 0.560. The number of aliphatic hydroxyl groups excluding tert-OH is 1. The van der Waals surface area contributed by atoms with Crippen LogP contribution in [0.25, 0.3) is 0 Å². The van der Waals surface area contributed by atoms with Crippen LogP contribution in [0.3, 0.4) is 0 Å². The van der Waals surface area contributed by atoms with Gasteiger partial charge in [0, 0.05) is 6.61 Å². The smallest absolute Gasteiger partial charge is 0.163 e. The van der Waals surface area contributed by atoms with Gasteiger partial charge < -0.3 is 9.84 Å². The van der Waals surface area contributed by atoms with Crippen molar-refractivity contribution in [3.05, 3.63) is 29.3 Å². The molecule has 1 N–H and O–H groups in total. The minimum absolute atomic E-state index is 0.0263. The fourth-order valence-corrected chi connectivity index (χ4v) is 1.31. The molecular weight excluding hydrogens is 180 g/mol. The number of hydrogen-bond acceptors (Lipinski definition) is 3. The lowest BCUT2D eigenvalue weighted by atomic mass is 10.0. The minimum Gasteiger partial charge on any atom is -0.496 e. The molecule has 0 unspecified atom stereocenters. The molecule has 0 fully saturated rings. The molecule has 0 bridgehead atoms. The second-order valence-corrected chi connectivity index (χ2v) is 3.06. The maximum absolute atomic E-state index is 11.2. The summed E-state index contributed by atoms with van der Waals surface area (Å²) in [6, 6.07) is 5.36. The molecule has 0 aliphatic heterocycles. The first-order chi connectivity index (χ1) is 6.69. The molecular formula is C11H14O3. The van der Waals surface area contributed by atoms with E-state index in [4.69, 9.17) is 9.84 Å². The van der Waals surface area contributed by atoms with Crippen LogP contribution < -0.4 is 4.74 Å². The SMILES string of the molecule is COc1ccc(CCO)cc1C(C)=O. The highest BCUT2D eigenvalue weighted by molar-refractivity contribution is 5.97. The molecule has 3 nitrogen and oxygen atoms in total. The third-order valence-corrected chi connectivity index (χ3v) is 2.04. The van der Waals surface area contributed by atoms with Crippen molar-refractivity contribution in [2.24, 2.45) is 0 Å². The summed E-state index contributed by atoms with van der Waals surface area (Å²) < 4.78 is 5.06. The highest BCUT2D eigenvalue weighted by Gasteiger charge is 2.08. The first-order valence-corrected chi connectivity index (χ1v) is 4.47. The Bertz CT molecular complexity index is 331. The Morgan fingerprint density at radius 3 is 2.71 bits per heavy atom. The summed E-state index contributed by atoms with van der Waals surface area (Å²) >= 11 is 0. The molecule has 0 aliphatic rings. The summed E-state index contributed by atoms with van der Waals surface area (Å²) in [7, 11) is 1.54. The topological polar surface area (TPSA) is 46.5 Å². The van der Waals surface area contributed by atoms with E-state index in [0.717, 1.165) is 5.56 Å². The van der Waals surface area contributed by atoms with Gasteiger partial charge in [-0.15, -0.1) is 0 Å². The van der Waals surface area contributed by atoms with Crippen molar-refractivity contribution < 1.29 is 14.6 Å². The standard InChI is InChI=1S/C11H14O3/c1-8(13)10-7-9(5-6-12)3-4-11(10)14-2/h3-4,7,12H,5-6H2,1-2H3. The Morgan fingerprint density at radius 2 is 2.21 bits per heavy atom. The zero-order valence-electron chi connectivity index (χ0n) is 8.41. The number of hydrogen-bond donors (Lipinski definition) is 1. The molecule has 0 aromatic heterocycles. The number of carbonyl (C=O) groups is 1. The van der Waals surface area contributed by atoms with Crippen molar-refractivity contribution in [1.82, 2.24) is 0 Å². The van der Waals surface area contributed by atoms with E-state index in [2.05, 4.69) is 0 Å². The highest BCUT2D eigenvalue weighted by Crippen LogP contribution is 2.20. The van der Waals surface area contributed by atoms with E-state index < -0.39 is 0 Å². The minimum atomic E-state index is -0.0263. The van der Waals surface area contributed by atoms with Gasteiger partial charge in [-0.1, -0.05) is 6.07 Å². The van der Waals surface area contributed by atoms with Crippen molar-refractivity contribution >= 4 is 5.78 Å². The molecule has 3 heteroatoms. The van der Waals surface area contributed by atoms with Crippen LogP contribution in [0.5, 0.6) is 5.75 Å². The molecule has 1 rings (SSSR count). The number of aliphatic hydroxyl groups is 1. The molecule has 0 saturated carbocycles. The van der Waals surface area contributed by atoms with Crippen molar-refractivity contribution in [2.45, 2.75) is 13.3 Å². The van der Waals surface area contributed by atoms with Crippen LogP contribution in [0.1, 0.15) is 22.8 Å². The maximum Gasteiger partial charge on any atom is 0.163 e. The predicted molar refractivity (Wildman–Crippen MR) is 53.8 cm³/mol. The fourth-order valence-electron chi connectivity index (χ4n) is 1.31. The molecule has 1 aromatic rings. The average molecular weight is 194 g/mol. The lowest BCUT2D eigenvalue weighted by Gasteiger charge is -2.07. The molecule has 0 saturated heterocycles. The van der Waals surface area contributed by atoms with Gasteiger partial charge in [0.25, 0.3) is 0 Å². The molecule has 76 valence electrons. The monoisotopic (exact) mass is 194 g/mol. The summed E-state index contributed by atoms with van der Waals surface area (Å²) in [5.74, 6) is 0.556. The Morgan fingerprint density at radius 1 is 1.50 bits per heavy atom. The van der Waals surface area contributed by atoms with Crippen molar-refractivity contribution in [1.29, 1.82) is 0 Å². The second kappa shape index (κ2) is 4.77. The lowest BCUT2D eigenvalue weighted by Crippen LogP contribution is -2.00. The van der Waals surface area contributed by atoms with E-state index in [-0.39, 0.29) is 12.4 Å². The molecule has 0 radical (unpaired) electrons. The van der Waals surface area contributed by atoms with E-state index in [0.29, 0.717) is 17.7 Å². The first-order valence-electron chi connectivity index (χ1n) is 4.47. The summed E-state index contributed by atoms with van der Waals surface area (Å²) in [5, 5.41) is 8.76. The van der Waals surface area contributed by atoms with Gasteiger partial charge >= 0.3 is 0 Å². The first kappa shape index (κ1) is 10.7. The summed E-state index contributed by atoms with van der Waals surface area (Å²) in [5.41, 5.74) is 1.51. The van der Waals surface area contributed by atoms with Crippen LogP contribution in [0.15, 0.2) is 18.2 Å². The molecule has 0 spiro atoms. The Labute approximate surface area is 83.3 Å². The van der Waals surface area contributed by atoms with Gasteiger partial charge in [-0.05, 0) is 31.0 Å². The number of methoxy groups -OCH3 is 1. The van der Waals surface area contributed by atoms with Crippen LogP contribution >= 0.6 is 0 Å². The third-order valence-electron chi connectivity index (χ3n) is 2.04. The van der Waals surface area contributed by atoms with Crippen molar-refractivity contribution in [2.75, 3.05) is 13.7 Å². The Kier molecular flexibility index (Phi) is 3.65. The highest BCUT2D eigenvalue weighted by atomic mass is 16.5. The number of carbonyl (C=O) groups excluding carboxylic acids is 1. The maximum atomic E-state index is 11.2. The zero-order chi connectivity index (χ0) is 10.6. The van der Waals surface area contributed by atoms with Gasteiger partial charge in [-0.3, -0.25) is 4.79 Å².